The highest BCUT2D eigenvalue weighted by Crippen LogP contribution is 2.34. The fraction of sp³-hybridized carbons (Fsp3) is 0.190. The molecule has 1 saturated heterocycles. The van der Waals surface area contributed by atoms with Gasteiger partial charge in [0.25, 0.3) is 5.91 Å². The van der Waals surface area contributed by atoms with E-state index in [9.17, 15) is 14.7 Å². The number of amides is 2. The minimum atomic E-state index is -0.710. The van der Waals surface area contributed by atoms with Crippen molar-refractivity contribution in [3.63, 3.8) is 0 Å². The SMILES string of the molecule is C[C@@H](C(=O)NCCc1ccc(O)cc1)N1C(=O)/C(=C/c2ccc(Cl)cc2)SC1=S. The topological polar surface area (TPSA) is 69.6 Å². The molecule has 0 bridgehead atoms. The van der Waals surface area contributed by atoms with Gasteiger partial charge in [-0.1, -0.05) is 59.8 Å². The lowest BCUT2D eigenvalue weighted by atomic mass is 10.1. The normalized spacial score (nSPS) is 16.3. The molecule has 2 aromatic rings. The number of halogens is 1. The highest BCUT2D eigenvalue weighted by Gasteiger charge is 2.38. The van der Waals surface area contributed by atoms with Crippen LogP contribution in [0.25, 0.3) is 6.08 Å². The zero-order valence-electron chi connectivity index (χ0n) is 15.6. The second-order valence-electron chi connectivity index (χ2n) is 6.49. The van der Waals surface area contributed by atoms with Crippen LogP contribution in [0.4, 0.5) is 0 Å². The molecule has 0 aliphatic carbocycles. The van der Waals surface area contributed by atoms with Gasteiger partial charge in [0.15, 0.2) is 0 Å². The minimum Gasteiger partial charge on any atom is -0.508 e. The van der Waals surface area contributed by atoms with E-state index < -0.39 is 6.04 Å². The number of phenolic OH excluding ortho intramolecular Hbond substituents is 1. The van der Waals surface area contributed by atoms with Crippen LogP contribution in [0.2, 0.25) is 5.02 Å². The lowest BCUT2D eigenvalue weighted by Crippen LogP contribution is -2.47. The van der Waals surface area contributed by atoms with E-state index >= 15 is 0 Å². The number of thiocarbonyl (C=S) groups is 1. The summed E-state index contributed by atoms with van der Waals surface area (Å²) in [5, 5.41) is 12.8. The molecule has 2 amide bonds. The number of nitrogens with zero attached hydrogens (tertiary/aromatic N) is 1. The van der Waals surface area contributed by atoms with Crippen molar-refractivity contribution in [2.45, 2.75) is 19.4 Å². The van der Waals surface area contributed by atoms with Crippen LogP contribution in [-0.4, -0.2) is 38.7 Å². The van der Waals surface area contributed by atoms with E-state index in [1.807, 2.05) is 12.1 Å². The number of benzene rings is 2. The number of thioether (sulfide) groups is 1. The summed E-state index contributed by atoms with van der Waals surface area (Å²) < 4.78 is 0.358. The van der Waals surface area contributed by atoms with E-state index in [0.717, 1.165) is 11.1 Å². The van der Waals surface area contributed by atoms with Gasteiger partial charge in [-0.25, -0.2) is 0 Å². The second-order valence-corrected chi connectivity index (χ2v) is 8.60. The van der Waals surface area contributed by atoms with Crippen LogP contribution in [0.15, 0.2) is 53.4 Å². The molecule has 8 heteroatoms. The monoisotopic (exact) mass is 446 g/mol. The van der Waals surface area contributed by atoms with E-state index in [2.05, 4.69) is 5.32 Å². The van der Waals surface area contributed by atoms with Gasteiger partial charge in [0, 0.05) is 11.6 Å². The van der Waals surface area contributed by atoms with Crippen LogP contribution in [0.3, 0.4) is 0 Å². The van der Waals surface area contributed by atoms with Crippen molar-refractivity contribution in [3.8, 4) is 5.75 Å². The summed E-state index contributed by atoms with van der Waals surface area (Å²) in [6, 6.07) is 13.2. The van der Waals surface area contributed by atoms with Gasteiger partial charge < -0.3 is 10.4 Å². The smallest absolute Gasteiger partial charge is 0.266 e. The summed E-state index contributed by atoms with van der Waals surface area (Å²) in [5.41, 5.74) is 1.83. The predicted octanol–water partition coefficient (Wildman–Crippen LogP) is 3.99. The molecule has 0 spiro atoms. The van der Waals surface area contributed by atoms with Crippen LogP contribution in [0, 0.1) is 0 Å². The van der Waals surface area contributed by atoms with Gasteiger partial charge in [-0.05, 0) is 54.8 Å². The van der Waals surface area contributed by atoms with E-state index in [-0.39, 0.29) is 17.6 Å². The Morgan fingerprint density at radius 1 is 1.24 bits per heavy atom. The van der Waals surface area contributed by atoms with Gasteiger partial charge in [-0.2, -0.15) is 0 Å². The third-order valence-corrected chi connectivity index (χ3v) is 5.99. The Morgan fingerprint density at radius 3 is 2.55 bits per heavy atom. The fourth-order valence-electron chi connectivity index (χ4n) is 2.78. The molecule has 0 saturated carbocycles. The van der Waals surface area contributed by atoms with Gasteiger partial charge in [0.2, 0.25) is 5.91 Å². The fourth-order valence-corrected chi connectivity index (χ4v) is 4.33. The zero-order chi connectivity index (χ0) is 21.0. The Labute approximate surface area is 183 Å². The zero-order valence-corrected chi connectivity index (χ0v) is 18.0. The molecule has 0 unspecified atom stereocenters. The van der Waals surface area contributed by atoms with Gasteiger partial charge in [0.05, 0.1) is 4.91 Å². The average molecular weight is 447 g/mol. The number of rotatable bonds is 6. The maximum atomic E-state index is 12.8. The van der Waals surface area contributed by atoms with Crippen molar-refractivity contribution in [2.24, 2.45) is 0 Å². The molecule has 1 fully saturated rings. The lowest BCUT2D eigenvalue weighted by Gasteiger charge is -2.22. The molecule has 29 heavy (non-hydrogen) atoms. The molecule has 1 aliphatic rings. The number of hydrogen-bond donors (Lipinski definition) is 2. The molecule has 1 atom stereocenters. The molecule has 3 rings (SSSR count). The number of hydrogen-bond acceptors (Lipinski definition) is 5. The van der Waals surface area contributed by atoms with Crippen molar-refractivity contribution >= 4 is 57.8 Å². The summed E-state index contributed by atoms with van der Waals surface area (Å²) in [6.07, 6.45) is 2.36. The Bertz CT molecular complexity index is 959. The van der Waals surface area contributed by atoms with Crippen molar-refractivity contribution in [1.82, 2.24) is 10.2 Å². The van der Waals surface area contributed by atoms with Crippen LogP contribution in [-0.2, 0) is 16.0 Å². The third-order valence-electron chi connectivity index (χ3n) is 4.41. The molecule has 2 N–H and O–H groups in total. The summed E-state index contributed by atoms with van der Waals surface area (Å²) in [5.74, 6) is -0.351. The van der Waals surface area contributed by atoms with Crippen LogP contribution in [0.5, 0.6) is 5.75 Å². The molecule has 5 nitrogen and oxygen atoms in total. The maximum Gasteiger partial charge on any atom is 0.266 e. The van der Waals surface area contributed by atoms with Gasteiger partial charge >= 0.3 is 0 Å². The van der Waals surface area contributed by atoms with Crippen molar-refractivity contribution < 1.29 is 14.7 Å². The van der Waals surface area contributed by atoms with Crippen molar-refractivity contribution in [1.29, 1.82) is 0 Å². The van der Waals surface area contributed by atoms with E-state index in [1.54, 1.807) is 49.4 Å². The quantitative estimate of drug-likeness (QED) is 0.518. The summed E-state index contributed by atoms with van der Waals surface area (Å²) >= 11 is 12.4. The number of nitrogens with one attached hydrogen (secondary N) is 1. The van der Waals surface area contributed by atoms with Gasteiger partial charge in [0.1, 0.15) is 16.1 Å². The first-order valence-electron chi connectivity index (χ1n) is 8.93. The highest BCUT2D eigenvalue weighted by atomic mass is 35.5. The highest BCUT2D eigenvalue weighted by molar-refractivity contribution is 8.26. The van der Waals surface area contributed by atoms with E-state index in [4.69, 9.17) is 23.8 Å². The molecule has 150 valence electrons. The molecule has 0 aromatic heterocycles. The van der Waals surface area contributed by atoms with Crippen molar-refractivity contribution in [3.05, 3.63) is 69.6 Å². The first-order chi connectivity index (χ1) is 13.8. The maximum absolute atomic E-state index is 12.8. The number of carbonyl (C=O) groups is 2. The van der Waals surface area contributed by atoms with E-state index in [1.165, 1.54) is 16.7 Å². The molecule has 1 heterocycles. The number of aromatic hydroxyl groups is 1. The second kappa shape index (κ2) is 9.43. The van der Waals surface area contributed by atoms with Crippen LogP contribution >= 0.6 is 35.6 Å². The lowest BCUT2D eigenvalue weighted by molar-refractivity contribution is -0.132. The standard InChI is InChI=1S/C21H19ClN2O3S2/c1-13(19(26)23-11-10-14-4-8-17(25)9-5-14)24-20(27)18(29-21(24)28)12-15-2-6-16(22)7-3-15/h2-9,12-13,25H,10-11H2,1H3,(H,23,26)/b18-12-/t13-/m0/s1. The number of phenols is 1. The Morgan fingerprint density at radius 2 is 1.90 bits per heavy atom. The summed E-state index contributed by atoms with van der Waals surface area (Å²) in [7, 11) is 0. The third kappa shape index (κ3) is 5.38. The van der Waals surface area contributed by atoms with Gasteiger partial charge in [-0.15, -0.1) is 0 Å². The summed E-state index contributed by atoms with van der Waals surface area (Å²) in [6.45, 7) is 2.08. The largest absolute Gasteiger partial charge is 0.508 e. The Hall–Kier alpha value is -2.35. The molecular formula is C21H19ClN2O3S2. The van der Waals surface area contributed by atoms with Crippen LogP contribution in [0.1, 0.15) is 18.1 Å². The number of carbonyl (C=O) groups excluding carboxylic acids is 2. The first-order valence-corrected chi connectivity index (χ1v) is 10.5. The minimum absolute atomic E-state index is 0.201. The molecule has 2 aromatic carbocycles. The van der Waals surface area contributed by atoms with Crippen molar-refractivity contribution in [2.75, 3.05) is 6.54 Å². The van der Waals surface area contributed by atoms with E-state index in [0.29, 0.717) is 27.2 Å². The molecular weight excluding hydrogens is 428 g/mol. The van der Waals surface area contributed by atoms with Gasteiger partial charge in [-0.3, -0.25) is 14.5 Å². The first kappa shape index (κ1) is 21.4. The van der Waals surface area contributed by atoms with Crippen LogP contribution < -0.4 is 5.32 Å². The Balaban J connectivity index is 1.60. The molecule has 0 radical (unpaired) electrons. The molecule has 1 aliphatic heterocycles. The average Bonchev–Trinajstić information content (AvgIpc) is 2.97. The summed E-state index contributed by atoms with van der Waals surface area (Å²) in [4.78, 5) is 27.1. The Kier molecular flexibility index (Phi) is 6.95. The predicted molar refractivity (Wildman–Crippen MR) is 121 cm³/mol.